The maximum absolute atomic E-state index is 12.3. The van der Waals surface area contributed by atoms with Gasteiger partial charge in [0.05, 0.1) is 25.1 Å². The Kier molecular flexibility index (Phi) is 7.87. The smallest absolute Gasteiger partial charge is 0.407 e. The molecule has 0 aliphatic heterocycles. The summed E-state index contributed by atoms with van der Waals surface area (Å²) in [5, 5.41) is 5.58. The Morgan fingerprint density at radius 1 is 1.00 bits per heavy atom. The van der Waals surface area contributed by atoms with E-state index in [1.54, 1.807) is 20.8 Å². The van der Waals surface area contributed by atoms with Gasteiger partial charge in [-0.3, -0.25) is 4.79 Å². The molecule has 2 amide bonds. The Bertz CT molecular complexity index is 701. The van der Waals surface area contributed by atoms with E-state index >= 15 is 0 Å². The number of ether oxygens (including phenoxy) is 3. The van der Waals surface area contributed by atoms with Crippen molar-refractivity contribution < 1.29 is 28.6 Å². The summed E-state index contributed by atoms with van der Waals surface area (Å²) < 4.78 is 15.4. The Morgan fingerprint density at radius 2 is 1.66 bits per heavy atom. The number of esters is 1. The Labute approximate surface area is 171 Å². The molecule has 2 N–H and O–H groups in total. The van der Waals surface area contributed by atoms with Crippen molar-refractivity contribution in [2.45, 2.75) is 64.3 Å². The molecule has 8 heteroatoms. The topological polar surface area (TPSA) is 103 Å². The number of methoxy groups -OCH3 is 1. The van der Waals surface area contributed by atoms with Crippen LogP contribution in [0.2, 0.25) is 0 Å². The number of hydrogen-bond acceptors (Lipinski definition) is 6. The standard InChI is InChI=1S/C21H30N2O6/c1-21(2,3)29-20(26)22-16-11-10-15(18(24)27-4)12-17(16)23-19(25)28-13-14-8-6-5-7-9-14/h5-9,15-17H,10-13H2,1-4H3,(H,22,26)(H,23,25). The van der Waals surface area contributed by atoms with E-state index in [2.05, 4.69) is 10.6 Å². The fourth-order valence-electron chi connectivity index (χ4n) is 3.26. The van der Waals surface area contributed by atoms with Crippen LogP contribution in [0.4, 0.5) is 9.59 Å². The van der Waals surface area contributed by atoms with Gasteiger partial charge in [0.1, 0.15) is 12.2 Å². The summed E-state index contributed by atoms with van der Waals surface area (Å²) in [4.78, 5) is 36.4. The number of alkyl carbamates (subject to hydrolysis) is 2. The van der Waals surface area contributed by atoms with Gasteiger partial charge in [-0.1, -0.05) is 30.3 Å². The van der Waals surface area contributed by atoms with E-state index in [0.29, 0.717) is 19.3 Å². The molecular formula is C21H30N2O6. The third-order valence-corrected chi connectivity index (χ3v) is 4.60. The van der Waals surface area contributed by atoms with E-state index in [0.717, 1.165) is 5.56 Å². The van der Waals surface area contributed by atoms with Crippen LogP contribution in [0.25, 0.3) is 0 Å². The molecule has 1 aromatic rings. The number of rotatable bonds is 5. The average molecular weight is 406 g/mol. The first kappa shape index (κ1) is 22.5. The second-order valence-corrected chi connectivity index (χ2v) is 8.10. The molecule has 29 heavy (non-hydrogen) atoms. The zero-order chi connectivity index (χ0) is 21.4. The van der Waals surface area contributed by atoms with Crippen molar-refractivity contribution in [2.24, 2.45) is 5.92 Å². The lowest BCUT2D eigenvalue weighted by molar-refractivity contribution is -0.147. The molecule has 1 aromatic carbocycles. The Morgan fingerprint density at radius 3 is 2.28 bits per heavy atom. The number of carbonyl (C=O) groups excluding carboxylic acids is 3. The normalized spacial score (nSPS) is 21.6. The molecule has 0 aromatic heterocycles. The van der Waals surface area contributed by atoms with E-state index in [1.807, 2.05) is 30.3 Å². The van der Waals surface area contributed by atoms with Gasteiger partial charge in [-0.25, -0.2) is 9.59 Å². The predicted molar refractivity (Wildman–Crippen MR) is 106 cm³/mol. The van der Waals surface area contributed by atoms with Crippen molar-refractivity contribution in [3.8, 4) is 0 Å². The van der Waals surface area contributed by atoms with Crippen molar-refractivity contribution in [3.63, 3.8) is 0 Å². The van der Waals surface area contributed by atoms with Gasteiger partial charge in [0.25, 0.3) is 0 Å². The summed E-state index contributed by atoms with van der Waals surface area (Å²) in [6.45, 7) is 5.45. The summed E-state index contributed by atoms with van der Waals surface area (Å²) in [7, 11) is 1.34. The molecule has 3 unspecified atom stereocenters. The minimum Gasteiger partial charge on any atom is -0.469 e. The largest absolute Gasteiger partial charge is 0.469 e. The summed E-state index contributed by atoms with van der Waals surface area (Å²) in [6, 6.07) is 8.45. The third-order valence-electron chi connectivity index (χ3n) is 4.60. The van der Waals surface area contributed by atoms with Gasteiger partial charge in [0.15, 0.2) is 0 Å². The first-order chi connectivity index (χ1) is 13.7. The molecule has 1 fully saturated rings. The molecule has 2 rings (SSSR count). The zero-order valence-corrected chi connectivity index (χ0v) is 17.4. The quantitative estimate of drug-likeness (QED) is 0.575. The third kappa shape index (κ3) is 7.63. The zero-order valence-electron chi connectivity index (χ0n) is 17.4. The second kappa shape index (κ2) is 10.1. The maximum Gasteiger partial charge on any atom is 0.407 e. The molecule has 8 nitrogen and oxygen atoms in total. The van der Waals surface area contributed by atoms with Crippen molar-refractivity contribution in [1.29, 1.82) is 0 Å². The minimum atomic E-state index is -0.634. The first-order valence-electron chi connectivity index (χ1n) is 9.72. The fourth-order valence-corrected chi connectivity index (χ4v) is 3.26. The van der Waals surface area contributed by atoms with Gasteiger partial charge in [0.2, 0.25) is 0 Å². The highest BCUT2D eigenvalue weighted by Gasteiger charge is 2.37. The van der Waals surface area contributed by atoms with Crippen LogP contribution >= 0.6 is 0 Å². The van der Waals surface area contributed by atoms with Gasteiger partial charge in [-0.15, -0.1) is 0 Å². The number of benzene rings is 1. The maximum atomic E-state index is 12.3. The second-order valence-electron chi connectivity index (χ2n) is 8.10. The van der Waals surface area contributed by atoms with Crippen molar-refractivity contribution >= 4 is 18.2 Å². The average Bonchev–Trinajstić information content (AvgIpc) is 2.66. The molecule has 0 saturated heterocycles. The lowest BCUT2D eigenvalue weighted by Gasteiger charge is -2.36. The SMILES string of the molecule is COC(=O)C1CCC(NC(=O)OC(C)(C)C)C(NC(=O)OCc2ccccc2)C1. The summed E-state index contributed by atoms with van der Waals surface area (Å²) in [5.74, 6) is -0.679. The molecule has 0 spiro atoms. The van der Waals surface area contributed by atoms with Crippen LogP contribution in [0, 0.1) is 5.92 Å². The van der Waals surface area contributed by atoms with E-state index in [4.69, 9.17) is 14.2 Å². The predicted octanol–water partition coefficient (Wildman–Crippen LogP) is 3.15. The van der Waals surface area contributed by atoms with Crippen molar-refractivity contribution in [1.82, 2.24) is 10.6 Å². The molecule has 0 heterocycles. The molecule has 1 aliphatic rings. The van der Waals surface area contributed by atoms with Crippen LogP contribution in [0.5, 0.6) is 0 Å². The molecule has 3 atom stereocenters. The lowest BCUT2D eigenvalue weighted by Crippen LogP contribution is -2.56. The summed E-state index contributed by atoms with van der Waals surface area (Å²) >= 11 is 0. The van der Waals surface area contributed by atoms with Crippen molar-refractivity contribution in [2.75, 3.05) is 7.11 Å². The highest BCUT2D eigenvalue weighted by atomic mass is 16.6. The highest BCUT2D eigenvalue weighted by Crippen LogP contribution is 2.26. The van der Waals surface area contributed by atoms with Crippen LogP contribution in [0.15, 0.2) is 30.3 Å². The van der Waals surface area contributed by atoms with E-state index < -0.39 is 23.8 Å². The van der Waals surface area contributed by atoms with Gasteiger partial charge >= 0.3 is 18.2 Å². The van der Waals surface area contributed by atoms with Gasteiger partial charge in [-0.2, -0.15) is 0 Å². The van der Waals surface area contributed by atoms with Gasteiger partial charge < -0.3 is 24.8 Å². The van der Waals surface area contributed by atoms with E-state index in [-0.39, 0.29) is 24.5 Å². The van der Waals surface area contributed by atoms with Crippen LogP contribution < -0.4 is 10.6 Å². The molecule has 1 aliphatic carbocycles. The molecule has 160 valence electrons. The number of nitrogens with one attached hydrogen (secondary N) is 2. The minimum absolute atomic E-state index is 0.129. The number of hydrogen-bond donors (Lipinski definition) is 2. The first-order valence-corrected chi connectivity index (χ1v) is 9.72. The lowest BCUT2D eigenvalue weighted by atomic mass is 9.82. The van der Waals surface area contributed by atoms with Crippen LogP contribution in [-0.2, 0) is 25.6 Å². The van der Waals surface area contributed by atoms with Crippen LogP contribution in [0.1, 0.15) is 45.6 Å². The van der Waals surface area contributed by atoms with Crippen molar-refractivity contribution in [3.05, 3.63) is 35.9 Å². The summed E-state index contributed by atoms with van der Waals surface area (Å²) in [5.41, 5.74) is 0.229. The van der Waals surface area contributed by atoms with Crippen LogP contribution in [0.3, 0.4) is 0 Å². The summed E-state index contributed by atoms with van der Waals surface area (Å²) in [6.07, 6.45) is 0.212. The Balaban J connectivity index is 1.98. The monoisotopic (exact) mass is 406 g/mol. The Hall–Kier alpha value is -2.77. The molecular weight excluding hydrogens is 376 g/mol. The van der Waals surface area contributed by atoms with Crippen LogP contribution in [-0.4, -0.2) is 43.0 Å². The molecule has 1 saturated carbocycles. The van der Waals surface area contributed by atoms with Gasteiger partial charge in [0, 0.05) is 0 Å². The highest BCUT2D eigenvalue weighted by molar-refractivity contribution is 5.73. The molecule has 0 bridgehead atoms. The van der Waals surface area contributed by atoms with E-state index in [9.17, 15) is 14.4 Å². The fraction of sp³-hybridized carbons (Fsp3) is 0.571. The molecule has 0 radical (unpaired) electrons. The number of carbonyl (C=O) groups is 3. The van der Waals surface area contributed by atoms with Gasteiger partial charge in [-0.05, 0) is 45.6 Å². The number of amides is 2. The van der Waals surface area contributed by atoms with E-state index in [1.165, 1.54) is 7.11 Å².